The van der Waals surface area contributed by atoms with E-state index in [2.05, 4.69) is 10.3 Å². The summed E-state index contributed by atoms with van der Waals surface area (Å²) in [6.07, 6.45) is 1.30. The van der Waals surface area contributed by atoms with Crippen LogP contribution >= 0.6 is 0 Å². The van der Waals surface area contributed by atoms with Crippen LogP contribution in [0.5, 0.6) is 0 Å². The Morgan fingerprint density at radius 3 is 2.80 bits per heavy atom. The first-order valence-corrected chi connectivity index (χ1v) is 4.44. The first-order valence-electron chi connectivity index (χ1n) is 4.44. The molecule has 1 heterocycles. The molecule has 0 bridgehead atoms. The third-order valence-electron chi connectivity index (χ3n) is 1.84. The fourth-order valence-electron chi connectivity index (χ4n) is 0.887. The van der Waals surface area contributed by atoms with E-state index < -0.39 is 17.8 Å². The van der Waals surface area contributed by atoms with Gasteiger partial charge in [-0.3, -0.25) is 9.59 Å². The summed E-state index contributed by atoms with van der Waals surface area (Å²) >= 11 is 0. The van der Waals surface area contributed by atoms with Crippen molar-refractivity contribution in [2.75, 3.05) is 6.54 Å². The highest BCUT2D eigenvalue weighted by molar-refractivity contribution is 5.91. The molecule has 82 valence electrons. The van der Waals surface area contributed by atoms with Crippen molar-refractivity contribution in [1.29, 1.82) is 0 Å². The van der Waals surface area contributed by atoms with E-state index in [1.807, 2.05) is 0 Å². The Hall–Kier alpha value is -1.85. The summed E-state index contributed by atoms with van der Waals surface area (Å²) in [4.78, 5) is 25.6. The van der Waals surface area contributed by atoms with Gasteiger partial charge < -0.3 is 14.8 Å². The molecule has 2 N–H and O–H groups in total. The third kappa shape index (κ3) is 3.08. The SMILES string of the molecule is Cc1ncc(C(=O)NCC(C)C(=O)O)o1. The van der Waals surface area contributed by atoms with E-state index in [0.29, 0.717) is 5.89 Å². The molecular weight excluding hydrogens is 200 g/mol. The summed E-state index contributed by atoms with van der Waals surface area (Å²) in [6.45, 7) is 3.19. The molecule has 0 spiro atoms. The van der Waals surface area contributed by atoms with E-state index in [4.69, 9.17) is 9.52 Å². The molecule has 1 atom stereocenters. The van der Waals surface area contributed by atoms with Crippen LogP contribution in [0.3, 0.4) is 0 Å². The lowest BCUT2D eigenvalue weighted by atomic mass is 10.2. The van der Waals surface area contributed by atoms with Gasteiger partial charge in [0.25, 0.3) is 5.91 Å². The predicted octanol–water partition coefficient (Wildman–Crippen LogP) is 0.434. The molecule has 0 aromatic carbocycles. The fourth-order valence-corrected chi connectivity index (χ4v) is 0.887. The molecular formula is C9H12N2O4. The Morgan fingerprint density at radius 1 is 1.67 bits per heavy atom. The highest BCUT2D eigenvalue weighted by Crippen LogP contribution is 2.02. The van der Waals surface area contributed by atoms with Crippen LogP contribution in [0.1, 0.15) is 23.4 Å². The summed E-state index contributed by atoms with van der Waals surface area (Å²) in [5.41, 5.74) is 0. The van der Waals surface area contributed by atoms with Gasteiger partial charge in [0.1, 0.15) is 0 Å². The lowest BCUT2D eigenvalue weighted by Gasteiger charge is -2.06. The van der Waals surface area contributed by atoms with E-state index in [-0.39, 0.29) is 12.3 Å². The van der Waals surface area contributed by atoms with Crippen molar-refractivity contribution < 1.29 is 19.1 Å². The molecule has 15 heavy (non-hydrogen) atoms. The van der Waals surface area contributed by atoms with Gasteiger partial charge in [-0.2, -0.15) is 0 Å². The van der Waals surface area contributed by atoms with Crippen molar-refractivity contribution in [3.05, 3.63) is 17.8 Å². The van der Waals surface area contributed by atoms with Crippen LogP contribution in [0.15, 0.2) is 10.6 Å². The standard InChI is InChI=1S/C9H12N2O4/c1-5(9(13)14)3-11-8(12)7-4-10-6(2)15-7/h4-5H,3H2,1-2H3,(H,11,12)(H,13,14). The molecule has 1 amide bonds. The normalized spacial score (nSPS) is 12.1. The van der Waals surface area contributed by atoms with Crippen molar-refractivity contribution in [3.8, 4) is 0 Å². The minimum absolute atomic E-state index is 0.0634. The number of nitrogens with zero attached hydrogens (tertiary/aromatic N) is 1. The number of carboxylic acid groups (broad SMARTS) is 1. The molecule has 0 aliphatic heterocycles. The average Bonchev–Trinajstić information content (AvgIpc) is 2.60. The van der Waals surface area contributed by atoms with Gasteiger partial charge in [0.2, 0.25) is 5.76 Å². The minimum Gasteiger partial charge on any atom is -0.481 e. The molecule has 0 aliphatic rings. The van der Waals surface area contributed by atoms with E-state index in [9.17, 15) is 9.59 Å². The molecule has 1 unspecified atom stereocenters. The Labute approximate surface area is 86.3 Å². The molecule has 0 aliphatic carbocycles. The van der Waals surface area contributed by atoms with Crippen LogP contribution in [0, 0.1) is 12.8 Å². The van der Waals surface area contributed by atoms with Gasteiger partial charge in [-0.15, -0.1) is 0 Å². The lowest BCUT2D eigenvalue weighted by molar-refractivity contribution is -0.140. The van der Waals surface area contributed by atoms with Crippen LogP contribution in [-0.4, -0.2) is 28.5 Å². The van der Waals surface area contributed by atoms with Gasteiger partial charge in [0.05, 0.1) is 12.1 Å². The van der Waals surface area contributed by atoms with E-state index in [1.165, 1.54) is 13.1 Å². The Morgan fingerprint density at radius 2 is 2.33 bits per heavy atom. The van der Waals surface area contributed by atoms with E-state index in [0.717, 1.165) is 0 Å². The zero-order valence-electron chi connectivity index (χ0n) is 8.48. The van der Waals surface area contributed by atoms with Gasteiger partial charge in [-0.1, -0.05) is 6.92 Å². The summed E-state index contributed by atoms with van der Waals surface area (Å²) < 4.78 is 4.97. The Kier molecular flexibility index (Phi) is 3.43. The number of oxazole rings is 1. The first-order chi connectivity index (χ1) is 7.00. The van der Waals surface area contributed by atoms with E-state index >= 15 is 0 Å². The number of carbonyl (C=O) groups is 2. The summed E-state index contributed by atoms with van der Waals surface area (Å²) in [7, 11) is 0. The number of aryl methyl sites for hydroxylation is 1. The molecule has 0 saturated carbocycles. The van der Waals surface area contributed by atoms with Gasteiger partial charge in [0.15, 0.2) is 5.89 Å². The van der Waals surface area contributed by atoms with Crippen LogP contribution in [-0.2, 0) is 4.79 Å². The van der Waals surface area contributed by atoms with Crippen molar-refractivity contribution in [3.63, 3.8) is 0 Å². The van der Waals surface area contributed by atoms with Gasteiger partial charge in [-0.05, 0) is 0 Å². The summed E-state index contributed by atoms with van der Waals surface area (Å²) in [6, 6.07) is 0. The number of carboxylic acids is 1. The second-order valence-electron chi connectivity index (χ2n) is 3.19. The number of carbonyl (C=O) groups excluding carboxylic acids is 1. The van der Waals surface area contributed by atoms with Gasteiger partial charge in [0, 0.05) is 13.5 Å². The second-order valence-corrected chi connectivity index (χ2v) is 3.19. The van der Waals surface area contributed by atoms with Gasteiger partial charge >= 0.3 is 5.97 Å². The van der Waals surface area contributed by atoms with Gasteiger partial charge in [-0.25, -0.2) is 4.98 Å². The summed E-state index contributed by atoms with van der Waals surface area (Å²) in [5, 5.41) is 11.0. The van der Waals surface area contributed by atoms with Crippen LogP contribution < -0.4 is 5.32 Å². The second kappa shape index (κ2) is 4.59. The van der Waals surface area contributed by atoms with E-state index in [1.54, 1.807) is 6.92 Å². The molecule has 1 rings (SSSR count). The smallest absolute Gasteiger partial charge is 0.308 e. The number of aromatic nitrogens is 1. The zero-order chi connectivity index (χ0) is 11.4. The zero-order valence-corrected chi connectivity index (χ0v) is 8.48. The predicted molar refractivity (Wildman–Crippen MR) is 50.4 cm³/mol. The number of nitrogens with one attached hydrogen (secondary N) is 1. The third-order valence-corrected chi connectivity index (χ3v) is 1.84. The van der Waals surface area contributed by atoms with Crippen LogP contribution in [0.4, 0.5) is 0 Å². The topological polar surface area (TPSA) is 92.4 Å². The highest BCUT2D eigenvalue weighted by atomic mass is 16.4. The van der Waals surface area contributed by atoms with Crippen LogP contribution in [0.25, 0.3) is 0 Å². The number of rotatable bonds is 4. The van der Waals surface area contributed by atoms with Crippen molar-refractivity contribution in [1.82, 2.24) is 10.3 Å². The Bertz CT molecular complexity index is 372. The maximum atomic E-state index is 11.3. The van der Waals surface area contributed by atoms with Crippen LogP contribution in [0.2, 0.25) is 0 Å². The largest absolute Gasteiger partial charge is 0.481 e. The molecule has 0 radical (unpaired) electrons. The maximum absolute atomic E-state index is 11.3. The fraction of sp³-hybridized carbons (Fsp3) is 0.444. The average molecular weight is 212 g/mol. The number of aliphatic carboxylic acids is 1. The van der Waals surface area contributed by atoms with Crippen molar-refractivity contribution in [2.24, 2.45) is 5.92 Å². The molecule has 1 aromatic rings. The monoisotopic (exact) mass is 212 g/mol. The molecule has 0 fully saturated rings. The molecule has 1 aromatic heterocycles. The first kappa shape index (κ1) is 11.2. The quantitative estimate of drug-likeness (QED) is 0.755. The Balaban J connectivity index is 2.47. The van der Waals surface area contributed by atoms with Crippen molar-refractivity contribution >= 4 is 11.9 Å². The highest BCUT2D eigenvalue weighted by Gasteiger charge is 2.15. The molecule has 6 heteroatoms. The number of hydrogen-bond donors (Lipinski definition) is 2. The molecule has 6 nitrogen and oxygen atoms in total. The number of amides is 1. The minimum atomic E-state index is -0.955. The number of hydrogen-bond acceptors (Lipinski definition) is 4. The maximum Gasteiger partial charge on any atom is 0.308 e. The lowest BCUT2D eigenvalue weighted by Crippen LogP contribution is -2.31. The summed E-state index contributed by atoms with van der Waals surface area (Å²) in [5.74, 6) is -1.55. The molecule has 0 saturated heterocycles. The van der Waals surface area contributed by atoms with Crippen molar-refractivity contribution in [2.45, 2.75) is 13.8 Å².